The quantitative estimate of drug-likeness (QED) is 0.425. The molecule has 0 radical (unpaired) electrons. The maximum absolute atomic E-state index is 13.4. The Bertz CT molecular complexity index is 1200. The third kappa shape index (κ3) is 6.27. The Balaban J connectivity index is 1.73. The lowest BCUT2D eigenvalue weighted by Crippen LogP contribution is -2.41. The van der Waals surface area contributed by atoms with E-state index in [0.717, 1.165) is 22.0 Å². The van der Waals surface area contributed by atoms with E-state index in [1.54, 1.807) is 50.4 Å². The van der Waals surface area contributed by atoms with Crippen LogP contribution in [0.15, 0.2) is 77.7 Å². The van der Waals surface area contributed by atoms with Gasteiger partial charge in [-0.25, -0.2) is 8.42 Å². The van der Waals surface area contributed by atoms with E-state index in [4.69, 9.17) is 16.3 Å². The molecular weight excluding hydrogens is 460 g/mol. The summed E-state index contributed by atoms with van der Waals surface area (Å²) in [5.41, 5.74) is 2.12. The van der Waals surface area contributed by atoms with Crippen LogP contribution in [0.25, 0.3) is 0 Å². The van der Waals surface area contributed by atoms with E-state index >= 15 is 0 Å². The van der Waals surface area contributed by atoms with Crippen LogP contribution in [0.4, 0.5) is 5.69 Å². The van der Waals surface area contributed by atoms with Gasteiger partial charge in [-0.05, 0) is 61.2 Å². The summed E-state index contributed by atoms with van der Waals surface area (Å²) >= 11 is 6.15. The molecule has 0 unspecified atom stereocenters. The molecule has 0 fully saturated rings. The van der Waals surface area contributed by atoms with Crippen molar-refractivity contribution in [1.82, 2.24) is 5.32 Å². The fraction of sp³-hybridized carbons (Fsp3) is 0.240. The number of ether oxygens (including phenoxy) is 1. The van der Waals surface area contributed by atoms with Gasteiger partial charge in [0.15, 0.2) is 0 Å². The van der Waals surface area contributed by atoms with Gasteiger partial charge in [-0.1, -0.05) is 54.1 Å². The second-order valence-electron chi connectivity index (χ2n) is 7.52. The molecule has 174 valence electrons. The Morgan fingerprint density at radius 2 is 1.73 bits per heavy atom. The molecule has 0 aromatic heterocycles. The molecule has 3 aromatic rings. The molecule has 6 nitrogen and oxygen atoms in total. The SMILES string of the molecule is COc1ccccc1CCCNC(=O)CN(c1cc(Cl)ccc1C)S(=O)(=O)c1ccccc1. The Kier molecular flexibility index (Phi) is 8.36. The molecule has 3 aromatic carbocycles. The van der Waals surface area contributed by atoms with Gasteiger partial charge in [0.05, 0.1) is 17.7 Å². The summed E-state index contributed by atoms with van der Waals surface area (Å²) in [6.45, 7) is 1.84. The lowest BCUT2D eigenvalue weighted by atomic mass is 10.1. The van der Waals surface area contributed by atoms with Crippen LogP contribution in [0.3, 0.4) is 0 Å². The fourth-order valence-corrected chi connectivity index (χ4v) is 5.14. The number of hydrogen-bond acceptors (Lipinski definition) is 4. The van der Waals surface area contributed by atoms with E-state index < -0.39 is 15.9 Å². The van der Waals surface area contributed by atoms with Crippen molar-refractivity contribution < 1.29 is 17.9 Å². The number of sulfonamides is 1. The molecule has 0 saturated heterocycles. The minimum absolute atomic E-state index is 0.105. The highest BCUT2D eigenvalue weighted by atomic mass is 35.5. The van der Waals surface area contributed by atoms with Crippen molar-refractivity contribution in [3.63, 3.8) is 0 Å². The summed E-state index contributed by atoms with van der Waals surface area (Å²) in [5, 5.41) is 3.22. The molecule has 0 aliphatic carbocycles. The van der Waals surface area contributed by atoms with Crippen molar-refractivity contribution >= 4 is 33.2 Å². The van der Waals surface area contributed by atoms with Crippen LogP contribution in [0, 0.1) is 6.92 Å². The van der Waals surface area contributed by atoms with E-state index in [1.807, 2.05) is 24.3 Å². The molecule has 0 atom stereocenters. The van der Waals surface area contributed by atoms with Crippen LogP contribution in [0.2, 0.25) is 5.02 Å². The number of benzene rings is 3. The van der Waals surface area contributed by atoms with Gasteiger partial charge in [-0.3, -0.25) is 9.10 Å². The van der Waals surface area contributed by atoms with E-state index in [9.17, 15) is 13.2 Å². The van der Waals surface area contributed by atoms with Gasteiger partial charge in [0.25, 0.3) is 10.0 Å². The van der Waals surface area contributed by atoms with Crippen molar-refractivity contribution in [1.29, 1.82) is 0 Å². The van der Waals surface area contributed by atoms with Crippen molar-refractivity contribution in [3.05, 3.63) is 88.9 Å². The van der Waals surface area contributed by atoms with Crippen molar-refractivity contribution in [3.8, 4) is 5.75 Å². The van der Waals surface area contributed by atoms with E-state index in [1.165, 1.54) is 12.1 Å². The van der Waals surface area contributed by atoms with Gasteiger partial charge in [-0.2, -0.15) is 0 Å². The van der Waals surface area contributed by atoms with Crippen LogP contribution in [-0.4, -0.2) is 34.5 Å². The average Bonchev–Trinajstić information content (AvgIpc) is 2.82. The van der Waals surface area contributed by atoms with E-state index in [2.05, 4.69) is 5.32 Å². The maximum Gasteiger partial charge on any atom is 0.264 e. The number of carbonyl (C=O) groups excluding carboxylic acids is 1. The normalized spacial score (nSPS) is 11.1. The number of nitrogens with one attached hydrogen (secondary N) is 1. The number of para-hydroxylation sites is 1. The Morgan fingerprint density at radius 1 is 1.03 bits per heavy atom. The van der Waals surface area contributed by atoms with Crippen molar-refractivity contribution in [2.75, 3.05) is 24.5 Å². The number of halogens is 1. The van der Waals surface area contributed by atoms with Gasteiger partial charge >= 0.3 is 0 Å². The highest BCUT2D eigenvalue weighted by molar-refractivity contribution is 7.92. The maximum atomic E-state index is 13.4. The third-order valence-electron chi connectivity index (χ3n) is 5.20. The summed E-state index contributed by atoms with van der Waals surface area (Å²) in [7, 11) is -2.35. The van der Waals surface area contributed by atoms with Gasteiger partial charge in [0.2, 0.25) is 5.91 Å². The first kappa shape index (κ1) is 24.6. The largest absolute Gasteiger partial charge is 0.496 e. The first-order chi connectivity index (χ1) is 15.8. The highest BCUT2D eigenvalue weighted by Crippen LogP contribution is 2.29. The van der Waals surface area contributed by atoms with Crippen molar-refractivity contribution in [2.45, 2.75) is 24.7 Å². The first-order valence-corrected chi connectivity index (χ1v) is 12.4. The molecule has 0 bridgehead atoms. The molecule has 33 heavy (non-hydrogen) atoms. The number of methoxy groups -OCH3 is 1. The molecule has 0 aliphatic heterocycles. The van der Waals surface area contributed by atoms with Crippen LogP contribution in [0.5, 0.6) is 5.75 Å². The fourth-order valence-electron chi connectivity index (χ4n) is 3.47. The van der Waals surface area contributed by atoms with Crippen LogP contribution >= 0.6 is 11.6 Å². The summed E-state index contributed by atoms with van der Waals surface area (Å²) < 4.78 is 33.3. The second-order valence-corrected chi connectivity index (χ2v) is 9.82. The minimum atomic E-state index is -3.97. The molecule has 0 aliphatic rings. The van der Waals surface area contributed by atoms with E-state index in [0.29, 0.717) is 29.2 Å². The monoisotopic (exact) mass is 486 g/mol. The summed E-state index contributed by atoms with van der Waals surface area (Å²) in [4.78, 5) is 12.9. The summed E-state index contributed by atoms with van der Waals surface area (Å²) in [6, 6.07) is 20.8. The second kappa shape index (κ2) is 11.2. The standard InChI is InChI=1S/C25H27ClN2O4S/c1-19-14-15-21(26)17-23(19)28(33(30,31)22-11-4-3-5-12-22)18-25(29)27-16-8-10-20-9-6-7-13-24(20)32-2/h3-7,9,11-15,17H,8,10,16,18H2,1-2H3,(H,27,29). The minimum Gasteiger partial charge on any atom is -0.496 e. The van der Waals surface area contributed by atoms with Gasteiger partial charge < -0.3 is 10.1 Å². The number of amides is 1. The lowest BCUT2D eigenvalue weighted by Gasteiger charge is -2.26. The Morgan fingerprint density at radius 3 is 2.45 bits per heavy atom. The molecule has 0 spiro atoms. The predicted octanol–water partition coefficient (Wildman–Crippen LogP) is 4.60. The zero-order chi connectivity index (χ0) is 23.8. The van der Waals surface area contributed by atoms with Gasteiger partial charge in [0, 0.05) is 11.6 Å². The zero-order valence-corrected chi connectivity index (χ0v) is 20.2. The van der Waals surface area contributed by atoms with Crippen molar-refractivity contribution in [2.24, 2.45) is 0 Å². The number of anilines is 1. The van der Waals surface area contributed by atoms with Crippen LogP contribution < -0.4 is 14.4 Å². The Hall–Kier alpha value is -3.03. The van der Waals surface area contributed by atoms with Gasteiger partial charge in [-0.15, -0.1) is 0 Å². The molecule has 1 amide bonds. The number of hydrogen-bond donors (Lipinski definition) is 1. The van der Waals surface area contributed by atoms with E-state index in [-0.39, 0.29) is 11.4 Å². The third-order valence-corrected chi connectivity index (χ3v) is 7.20. The lowest BCUT2D eigenvalue weighted by molar-refractivity contribution is -0.119. The van der Waals surface area contributed by atoms with Crippen LogP contribution in [0.1, 0.15) is 17.5 Å². The number of carbonyl (C=O) groups is 1. The smallest absolute Gasteiger partial charge is 0.264 e. The molecule has 0 saturated carbocycles. The summed E-state index contributed by atoms with van der Waals surface area (Å²) in [5.74, 6) is 0.411. The molecule has 1 N–H and O–H groups in total. The average molecular weight is 487 g/mol. The first-order valence-electron chi connectivity index (χ1n) is 10.6. The molecule has 8 heteroatoms. The predicted molar refractivity (Wildman–Crippen MR) is 131 cm³/mol. The Labute approximate surface area is 200 Å². The number of rotatable bonds is 10. The molecular formula is C25H27ClN2O4S. The van der Waals surface area contributed by atoms with Gasteiger partial charge in [0.1, 0.15) is 12.3 Å². The highest BCUT2D eigenvalue weighted by Gasteiger charge is 2.28. The van der Waals surface area contributed by atoms with Crippen LogP contribution in [-0.2, 0) is 21.2 Å². The zero-order valence-electron chi connectivity index (χ0n) is 18.6. The summed E-state index contributed by atoms with van der Waals surface area (Å²) in [6.07, 6.45) is 1.41. The molecule has 0 heterocycles. The molecule has 3 rings (SSSR count). The topological polar surface area (TPSA) is 75.7 Å². The number of aryl methyl sites for hydroxylation is 2. The number of nitrogens with zero attached hydrogens (tertiary/aromatic N) is 1.